The number of hydrogen-bond donors (Lipinski definition) is 0. The van der Waals surface area contributed by atoms with E-state index < -0.39 is 0 Å². The van der Waals surface area contributed by atoms with E-state index in [-0.39, 0.29) is 0 Å². The first-order valence-corrected chi connectivity index (χ1v) is 11.1. The highest BCUT2D eigenvalue weighted by molar-refractivity contribution is 7.98. The lowest BCUT2D eigenvalue weighted by atomic mass is 10.2. The van der Waals surface area contributed by atoms with Gasteiger partial charge >= 0.3 is 0 Å². The monoisotopic (exact) mass is 438 g/mol. The summed E-state index contributed by atoms with van der Waals surface area (Å²) in [5, 5.41) is 18.7. The van der Waals surface area contributed by atoms with Gasteiger partial charge in [-0.1, -0.05) is 47.6 Å². The van der Waals surface area contributed by atoms with Crippen molar-refractivity contribution in [3.05, 3.63) is 65.5 Å². The van der Waals surface area contributed by atoms with Crippen LogP contribution in [0.5, 0.6) is 0 Å². The van der Waals surface area contributed by atoms with E-state index >= 15 is 0 Å². The molecule has 0 saturated carbocycles. The summed E-state index contributed by atoms with van der Waals surface area (Å²) in [4.78, 5) is 2.26. The molecule has 1 saturated heterocycles. The number of aromatic nitrogens is 5. The smallest absolute Gasteiger partial charge is 0.247 e. The SMILES string of the molecule is Clc1cccc(-n2c(SCc3nnc(-c4ccccc4)o3)nnc2N2CCCC2)c1. The van der Waals surface area contributed by atoms with Gasteiger partial charge in [0.25, 0.3) is 0 Å². The van der Waals surface area contributed by atoms with Gasteiger partial charge in [0.15, 0.2) is 5.16 Å². The Hall–Kier alpha value is -2.84. The van der Waals surface area contributed by atoms with Crippen molar-refractivity contribution in [3.8, 4) is 17.1 Å². The van der Waals surface area contributed by atoms with E-state index in [0.29, 0.717) is 22.6 Å². The van der Waals surface area contributed by atoms with Crippen molar-refractivity contribution in [1.29, 1.82) is 0 Å². The Labute approximate surface area is 183 Å². The molecule has 0 aliphatic carbocycles. The Balaban J connectivity index is 1.41. The molecule has 4 aromatic rings. The molecule has 9 heteroatoms. The number of anilines is 1. The fourth-order valence-electron chi connectivity index (χ4n) is 3.45. The average Bonchev–Trinajstić information content (AvgIpc) is 3.53. The largest absolute Gasteiger partial charge is 0.420 e. The molecule has 7 nitrogen and oxygen atoms in total. The van der Waals surface area contributed by atoms with Gasteiger partial charge in [-0.05, 0) is 43.2 Å². The molecule has 0 atom stereocenters. The van der Waals surface area contributed by atoms with Crippen molar-refractivity contribution >= 4 is 29.3 Å². The Morgan fingerprint density at radius 3 is 2.57 bits per heavy atom. The molecule has 5 rings (SSSR count). The lowest BCUT2D eigenvalue weighted by Gasteiger charge is -2.18. The number of halogens is 1. The standard InChI is InChI=1S/C21H19ClN6OS/c22-16-9-6-10-17(13-16)28-20(27-11-4-5-12-27)25-26-21(28)30-14-18-23-24-19(29-18)15-7-2-1-3-8-15/h1-3,6-10,13H,4-5,11-12,14H2. The molecule has 1 aliphatic heterocycles. The second kappa shape index (κ2) is 8.49. The summed E-state index contributed by atoms with van der Waals surface area (Å²) in [6.07, 6.45) is 2.32. The fourth-order valence-corrected chi connectivity index (χ4v) is 4.42. The number of nitrogens with zero attached hydrogens (tertiary/aromatic N) is 6. The molecule has 0 radical (unpaired) electrons. The molecule has 152 valence electrons. The van der Waals surface area contributed by atoms with E-state index in [4.69, 9.17) is 16.0 Å². The lowest BCUT2D eigenvalue weighted by Crippen LogP contribution is -2.22. The molecule has 1 fully saturated rings. The third kappa shape index (κ3) is 3.93. The predicted molar refractivity (Wildman–Crippen MR) is 117 cm³/mol. The molecule has 3 heterocycles. The Morgan fingerprint density at radius 1 is 0.933 bits per heavy atom. The zero-order valence-electron chi connectivity index (χ0n) is 16.1. The van der Waals surface area contributed by atoms with Crippen LogP contribution in [0.15, 0.2) is 64.2 Å². The quantitative estimate of drug-likeness (QED) is 0.398. The molecular formula is C21H19ClN6OS. The van der Waals surface area contributed by atoms with Crippen molar-refractivity contribution in [1.82, 2.24) is 25.0 Å². The zero-order valence-corrected chi connectivity index (χ0v) is 17.7. The van der Waals surface area contributed by atoms with Gasteiger partial charge in [0.2, 0.25) is 17.7 Å². The molecule has 0 bridgehead atoms. The molecule has 1 aliphatic rings. The highest BCUT2D eigenvalue weighted by atomic mass is 35.5. The third-order valence-electron chi connectivity index (χ3n) is 4.88. The molecule has 0 N–H and O–H groups in total. The molecule has 2 aromatic heterocycles. The summed E-state index contributed by atoms with van der Waals surface area (Å²) in [5.41, 5.74) is 1.84. The van der Waals surface area contributed by atoms with Gasteiger partial charge in [-0.25, -0.2) is 0 Å². The van der Waals surface area contributed by atoms with Gasteiger partial charge < -0.3 is 9.32 Å². The van der Waals surface area contributed by atoms with Gasteiger partial charge in [0.05, 0.1) is 11.4 Å². The highest BCUT2D eigenvalue weighted by Crippen LogP contribution is 2.31. The first kappa shape index (κ1) is 19.1. The normalized spacial score (nSPS) is 13.8. The topological polar surface area (TPSA) is 72.9 Å². The van der Waals surface area contributed by atoms with Crippen molar-refractivity contribution in [2.75, 3.05) is 18.0 Å². The Morgan fingerprint density at radius 2 is 1.77 bits per heavy atom. The van der Waals surface area contributed by atoms with Crippen LogP contribution in [0.3, 0.4) is 0 Å². The summed E-state index contributed by atoms with van der Waals surface area (Å²) >= 11 is 7.76. The van der Waals surface area contributed by atoms with Crippen molar-refractivity contribution in [3.63, 3.8) is 0 Å². The zero-order chi connectivity index (χ0) is 20.3. The Kier molecular flexibility index (Phi) is 5.42. The van der Waals surface area contributed by atoms with Crippen LogP contribution in [-0.4, -0.2) is 38.1 Å². The lowest BCUT2D eigenvalue weighted by molar-refractivity contribution is 0.528. The van der Waals surface area contributed by atoms with Crippen molar-refractivity contribution < 1.29 is 4.42 Å². The van der Waals surface area contributed by atoms with E-state index in [1.807, 2.05) is 54.6 Å². The Bertz CT molecular complexity index is 1140. The van der Waals surface area contributed by atoms with Crippen LogP contribution >= 0.6 is 23.4 Å². The molecule has 0 spiro atoms. The van der Waals surface area contributed by atoms with Gasteiger partial charge in [0.1, 0.15) is 0 Å². The minimum Gasteiger partial charge on any atom is -0.420 e. The molecule has 2 aromatic carbocycles. The minimum absolute atomic E-state index is 0.499. The van der Waals surface area contributed by atoms with Crippen molar-refractivity contribution in [2.24, 2.45) is 0 Å². The van der Waals surface area contributed by atoms with E-state index in [0.717, 1.165) is 48.3 Å². The van der Waals surface area contributed by atoms with Gasteiger partial charge in [0, 0.05) is 23.7 Å². The number of thioether (sulfide) groups is 1. The maximum atomic E-state index is 6.25. The fraction of sp³-hybridized carbons (Fsp3) is 0.238. The number of benzene rings is 2. The average molecular weight is 439 g/mol. The van der Waals surface area contributed by atoms with Crippen LogP contribution < -0.4 is 4.90 Å². The second-order valence-electron chi connectivity index (χ2n) is 6.95. The molecule has 0 unspecified atom stereocenters. The summed E-state index contributed by atoms with van der Waals surface area (Å²) < 4.78 is 7.88. The first-order valence-electron chi connectivity index (χ1n) is 9.75. The van der Waals surface area contributed by atoms with Crippen LogP contribution in [0.2, 0.25) is 5.02 Å². The van der Waals surface area contributed by atoms with Gasteiger partial charge in [-0.15, -0.1) is 20.4 Å². The molecule has 0 amide bonds. The maximum Gasteiger partial charge on any atom is 0.247 e. The maximum absolute atomic E-state index is 6.25. The second-order valence-corrected chi connectivity index (χ2v) is 8.33. The number of rotatable bonds is 6. The van der Waals surface area contributed by atoms with Crippen LogP contribution in [0.25, 0.3) is 17.1 Å². The number of hydrogen-bond acceptors (Lipinski definition) is 7. The van der Waals surface area contributed by atoms with Crippen LogP contribution in [0, 0.1) is 0 Å². The highest BCUT2D eigenvalue weighted by Gasteiger charge is 2.23. The summed E-state index contributed by atoms with van der Waals surface area (Å²) in [6, 6.07) is 17.5. The van der Waals surface area contributed by atoms with Crippen LogP contribution in [0.1, 0.15) is 18.7 Å². The van der Waals surface area contributed by atoms with E-state index in [9.17, 15) is 0 Å². The van der Waals surface area contributed by atoms with Gasteiger partial charge in [-0.2, -0.15) is 0 Å². The summed E-state index contributed by atoms with van der Waals surface area (Å²) in [5.74, 6) is 2.40. The molecule has 30 heavy (non-hydrogen) atoms. The van der Waals surface area contributed by atoms with E-state index in [2.05, 4.69) is 29.9 Å². The summed E-state index contributed by atoms with van der Waals surface area (Å²) in [6.45, 7) is 1.96. The minimum atomic E-state index is 0.499. The third-order valence-corrected chi connectivity index (χ3v) is 6.03. The van der Waals surface area contributed by atoms with Crippen molar-refractivity contribution in [2.45, 2.75) is 23.8 Å². The van der Waals surface area contributed by atoms with Gasteiger partial charge in [-0.3, -0.25) is 4.57 Å². The molecular weight excluding hydrogens is 420 g/mol. The predicted octanol–water partition coefficient (Wildman–Crippen LogP) is 4.86. The van der Waals surface area contributed by atoms with Crippen LogP contribution in [0.4, 0.5) is 5.95 Å². The van der Waals surface area contributed by atoms with Crippen LogP contribution in [-0.2, 0) is 5.75 Å². The summed E-state index contributed by atoms with van der Waals surface area (Å²) in [7, 11) is 0. The first-order chi connectivity index (χ1) is 14.8. The van der Waals surface area contributed by atoms with E-state index in [1.54, 1.807) is 0 Å². The van der Waals surface area contributed by atoms with E-state index in [1.165, 1.54) is 11.8 Å².